The lowest BCUT2D eigenvalue weighted by Crippen LogP contribution is -2.24. The van der Waals surface area contributed by atoms with E-state index in [0.717, 1.165) is 11.4 Å². The van der Waals surface area contributed by atoms with E-state index in [0.29, 0.717) is 23.3 Å². The van der Waals surface area contributed by atoms with E-state index in [4.69, 9.17) is 29.0 Å². The number of rotatable bonds is 6. The zero-order valence-electron chi connectivity index (χ0n) is 20.4. The molecule has 4 aromatic rings. The van der Waals surface area contributed by atoms with Crippen LogP contribution in [0.25, 0.3) is 5.69 Å². The molecular weight excluding hydrogens is 502 g/mol. The van der Waals surface area contributed by atoms with Crippen LogP contribution in [0.4, 0.5) is 5.82 Å². The van der Waals surface area contributed by atoms with E-state index in [9.17, 15) is 0 Å². The number of anilines is 1. The molecule has 2 aromatic carbocycles. The number of aryl methyl sites for hydroxylation is 3. The van der Waals surface area contributed by atoms with Gasteiger partial charge in [-0.2, -0.15) is 0 Å². The van der Waals surface area contributed by atoms with Crippen molar-refractivity contribution in [3.63, 3.8) is 0 Å². The third-order valence-corrected chi connectivity index (χ3v) is 5.08. The van der Waals surface area contributed by atoms with E-state index in [2.05, 4.69) is 58.5 Å². The lowest BCUT2D eigenvalue weighted by atomic mass is 10.2. The van der Waals surface area contributed by atoms with Gasteiger partial charge in [0, 0.05) is 12.3 Å². The first-order chi connectivity index (χ1) is 17.2. The summed E-state index contributed by atoms with van der Waals surface area (Å²) in [5.41, 5.74) is 4.27. The second-order valence-electron chi connectivity index (χ2n) is 7.77. The van der Waals surface area contributed by atoms with Gasteiger partial charge in [0.05, 0.1) is 17.4 Å². The third kappa shape index (κ3) is 10.2. The van der Waals surface area contributed by atoms with Crippen LogP contribution in [0.15, 0.2) is 73.2 Å². The minimum atomic E-state index is -3.11. The molecule has 0 aliphatic rings. The number of nitrogens with zero attached hydrogens (tertiary/aromatic N) is 4. The van der Waals surface area contributed by atoms with Crippen LogP contribution >= 0.6 is 11.6 Å². The fraction of sp³-hybridized carbons (Fsp3) is 0.240. The Balaban J connectivity index is 0.000000344. The average molecular weight is 530 g/mol. The maximum Gasteiger partial charge on any atom is 0.425 e. The monoisotopic (exact) mass is 529 g/mol. The summed E-state index contributed by atoms with van der Waals surface area (Å²) in [5, 5.41) is 8.19. The fourth-order valence-electron chi connectivity index (χ4n) is 2.80. The number of halogens is 1. The Labute approximate surface area is 217 Å². The van der Waals surface area contributed by atoms with Gasteiger partial charge in [-0.15, -0.1) is 17.7 Å². The number of benzene rings is 2. The SMILES string of the molecule is Cc1ccc(-n2ccc(OCC(C)Nc3ncnc(C)c3Cl)n2)cc1.Cc1ccccc1.O=S(=O)=O. The summed E-state index contributed by atoms with van der Waals surface area (Å²) in [6, 6.07) is 20.3. The predicted molar refractivity (Wildman–Crippen MR) is 140 cm³/mol. The smallest absolute Gasteiger partial charge is 0.425 e. The van der Waals surface area contributed by atoms with E-state index in [1.165, 1.54) is 17.5 Å². The van der Waals surface area contributed by atoms with Crippen LogP contribution in [0.1, 0.15) is 23.7 Å². The van der Waals surface area contributed by atoms with Crippen LogP contribution in [-0.2, 0) is 10.6 Å². The molecule has 0 radical (unpaired) electrons. The van der Waals surface area contributed by atoms with Gasteiger partial charge in [-0.3, -0.25) is 0 Å². The van der Waals surface area contributed by atoms with Crippen molar-refractivity contribution in [2.45, 2.75) is 33.7 Å². The van der Waals surface area contributed by atoms with Crippen LogP contribution in [0.5, 0.6) is 5.88 Å². The molecule has 1 atom stereocenters. The van der Waals surface area contributed by atoms with Gasteiger partial charge in [0.25, 0.3) is 0 Å². The molecular formula is C25H28ClN5O4S. The number of aromatic nitrogens is 4. The second-order valence-corrected chi connectivity index (χ2v) is 8.56. The molecule has 0 spiro atoms. The molecule has 1 unspecified atom stereocenters. The van der Waals surface area contributed by atoms with E-state index in [1.807, 2.05) is 56.4 Å². The van der Waals surface area contributed by atoms with Gasteiger partial charge in [0.2, 0.25) is 5.88 Å². The lowest BCUT2D eigenvalue weighted by Gasteiger charge is -2.15. The van der Waals surface area contributed by atoms with Crippen LogP contribution in [-0.4, -0.2) is 45.0 Å². The van der Waals surface area contributed by atoms with Crippen molar-refractivity contribution in [2.75, 3.05) is 11.9 Å². The van der Waals surface area contributed by atoms with Crippen molar-refractivity contribution in [1.82, 2.24) is 19.7 Å². The summed E-state index contributed by atoms with van der Waals surface area (Å²) < 4.78 is 32.9. The van der Waals surface area contributed by atoms with Crippen molar-refractivity contribution in [1.29, 1.82) is 0 Å². The van der Waals surface area contributed by atoms with Gasteiger partial charge in [-0.05, 0) is 39.8 Å². The zero-order chi connectivity index (χ0) is 26.5. The quantitative estimate of drug-likeness (QED) is 0.378. The Morgan fingerprint density at radius 2 is 1.56 bits per heavy atom. The molecule has 0 saturated carbocycles. The van der Waals surface area contributed by atoms with Gasteiger partial charge in [0.15, 0.2) is 0 Å². The van der Waals surface area contributed by atoms with Crippen LogP contribution in [0, 0.1) is 20.8 Å². The molecule has 36 heavy (non-hydrogen) atoms. The molecule has 0 aliphatic carbocycles. The maximum absolute atomic E-state index is 8.44. The highest BCUT2D eigenvalue weighted by molar-refractivity contribution is 7.59. The van der Waals surface area contributed by atoms with Crippen molar-refractivity contribution >= 4 is 28.0 Å². The van der Waals surface area contributed by atoms with E-state index in [1.54, 1.807) is 4.68 Å². The first kappa shape index (κ1) is 28.5. The number of hydrogen-bond donors (Lipinski definition) is 1. The average Bonchev–Trinajstić information content (AvgIpc) is 3.31. The second kappa shape index (κ2) is 14.6. The minimum Gasteiger partial charge on any atom is -0.474 e. The standard InChI is InChI=1S/C18H20ClN5O.C7H8.O3S/c1-12-4-6-15(7-5-12)24-9-8-16(23-24)25-10-13(2)22-18-17(19)14(3)20-11-21-18;1-7-5-3-2-4-6-7;1-4(2)3/h4-9,11,13H,10H2,1-3H3,(H,20,21,22);2-6H,1H3;. The first-order valence-electron chi connectivity index (χ1n) is 10.9. The minimum absolute atomic E-state index is 0.0105. The molecule has 2 aromatic heterocycles. The Hall–Kier alpha value is -3.76. The molecule has 0 bridgehead atoms. The third-order valence-electron chi connectivity index (χ3n) is 4.63. The van der Waals surface area contributed by atoms with E-state index >= 15 is 0 Å². The molecule has 190 valence electrons. The van der Waals surface area contributed by atoms with Gasteiger partial charge >= 0.3 is 10.6 Å². The molecule has 4 rings (SSSR count). The zero-order valence-corrected chi connectivity index (χ0v) is 22.0. The number of nitrogens with one attached hydrogen (secondary N) is 1. The van der Waals surface area contributed by atoms with E-state index in [-0.39, 0.29) is 6.04 Å². The number of ether oxygens (including phenoxy) is 1. The summed E-state index contributed by atoms with van der Waals surface area (Å²) in [5.74, 6) is 1.18. The summed E-state index contributed by atoms with van der Waals surface area (Å²) in [6.07, 6.45) is 3.36. The molecule has 0 saturated heterocycles. The van der Waals surface area contributed by atoms with Crippen LogP contribution in [0.3, 0.4) is 0 Å². The summed E-state index contributed by atoms with van der Waals surface area (Å²) in [4.78, 5) is 8.21. The number of hydrogen-bond acceptors (Lipinski definition) is 8. The summed E-state index contributed by atoms with van der Waals surface area (Å²) in [7, 11) is -3.11. The highest BCUT2D eigenvalue weighted by Gasteiger charge is 2.10. The summed E-state index contributed by atoms with van der Waals surface area (Å²) >= 11 is 6.19. The van der Waals surface area contributed by atoms with E-state index < -0.39 is 10.6 Å². The first-order valence-corrected chi connectivity index (χ1v) is 12.3. The molecule has 9 nitrogen and oxygen atoms in total. The Kier molecular flexibility index (Phi) is 11.5. The Morgan fingerprint density at radius 3 is 2.14 bits per heavy atom. The van der Waals surface area contributed by atoms with Crippen molar-refractivity contribution in [3.8, 4) is 11.6 Å². The molecule has 0 fully saturated rings. The van der Waals surface area contributed by atoms with Crippen molar-refractivity contribution in [2.24, 2.45) is 0 Å². The maximum atomic E-state index is 8.44. The molecule has 11 heteroatoms. The topological polar surface area (TPSA) is 116 Å². The molecule has 0 aliphatic heterocycles. The molecule has 1 N–H and O–H groups in total. The van der Waals surface area contributed by atoms with Gasteiger partial charge < -0.3 is 10.1 Å². The van der Waals surface area contributed by atoms with Gasteiger partial charge in [0.1, 0.15) is 23.8 Å². The normalized spacial score (nSPS) is 10.7. The van der Waals surface area contributed by atoms with Gasteiger partial charge in [-0.25, -0.2) is 14.6 Å². The largest absolute Gasteiger partial charge is 0.474 e. The predicted octanol–water partition coefficient (Wildman–Crippen LogP) is 4.80. The van der Waals surface area contributed by atoms with Gasteiger partial charge in [-0.1, -0.05) is 65.2 Å². The Morgan fingerprint density at radius 1 is 0.944 bits per heavy atom. The summed E-state index contributed by atoms with van der Waals surface area (Å²) in [6.45, 7) is 8.41. The lowest BCUT2D eigenvalue weighted by molar-refractivity contribution is 0.290. The highest BCUT2D eigenvalue weighted by Crippen LogP contribution is 2.21. The molecule has 0 amide bonds. The highest BCUT2D eigenvalue weighted by atomic mass is 35.5. The fourth-order valence-corrected chi connectivity index (χ4v) is 2.96. The van der Waals surface area contributed by atoms with Crippen molar-refractivity contribution in [3.05, 3.63) is 95.0 Å². The van der Waals surface area contributed by atoms with Crippen molar-refractivity contribution < 1.29 is 17.4 Å². The van der Waals surface area contributed by atoms with Crippen LogP contribution in [0.2, 0.25) is 5.02 Å². The molecule has 2 heterocycles. The Bertz CT molecular complexity index is 1320. The van der Waals surface area contributed by atoms with Crippen LogP contribution < -0.4 is 10.1 Å².